The zero-order chi connectivity index (χ0) is 23.9. The molecular weight excluding hydrogens is 412 g/mol. The summed E-state index contributed by atoms with van der Waals surface area (Å²) in [6.45, 7) is 2.09. The predicted octanol–water partition coefficient (Wildman–Crippen LogP) is 5.14. The van der Waals surface area contributed by atoms with Crippen molar-refractivity contribution in [3.8, 4) is 0 Å². The molecule has 0 heterocycles. The van der Waals surface area contributed by atoms with E-state index in [-0.39, 0.29) is 24.5 Å². The van der Waals surface area contributed by atoms with E-state index in [2.05, 4.69) is 35.6 Å². The van der Waals surface area contributed by atoms with E-state index in [1.807, 2.05) is 51.4 Å². The van der Waals surface area contributed by atoms with Crippen LogP contribution in [0.15, 0.2) is 60.7 Å². The molecule has 0 saturated heterocycles. The molecule has 0 fully saturated rings. The van der Waals surface area contributed by atoms with E-state index < -0.39 is 6.04 Å². The van der Waals surface area contributed by atoms with Crippen LogP contribution in [0.5, 0.6) is 0 Å². The van der Waals surface area contributed by atoms with Crippen LogP contribution in [0.25, 0.3) is 0 Å². The molecule has 0 saturated carbocycles. The first-order valence-electron chi connectivity index (χ1n) is 12.2. The number of benzene rings is 2. The highest BCUT2D eigenvalue weighted by Crippen LogP contribution is 2.12. The number of amides is 1. The molecule has 2 aromatic rings. The van der Waals surface area contributed by atoms with Crippen LogP contribution in [0.2, 0.25) is 0 Å². The molecule has 2 atom stereocenters. The molecule has 5 heteroatoms. The molecule has 180 valence electrons. The summed E-state index contributed by atoms with van der Waals surface area (Å²) >= 11 is 0. The lowest BCUT2D eigenvalue weighted by molar-refractivity contribution is -0.151. The third-order valence-corrected chi connectivity index (χ3v) is 5.85. The van der Waals surface area contributed by atoms with Gasteiger partial charge in [-0.3, -0.25) is 14.5 Å². The van der Waals surface area contributed by atoms with Crippen molar-refractivity contribution in [2.75, 3.05) is 14.1 Å². The first kappa shape index (κ1) is 26.6. The summed E-state index contributed by atoms with van der Waals surface area (Å²) in [6.07, 6.45) is 8.38. The molecule has 0 radical (unpaired) electrons. The van der Waals surface area contributed by atoms with Crippen LogP contribution in [-0.4, -0.2) is 43.0 Å². The Labute approximate surface area is 199 Å². The Morgan fingerprint density at radius 1 is 0.818 bits per heavy atom. The minimum absolute atomic E-state index is 0.00529. The predicted molar refractivity (Wildman–Crippen MR) is 134 cm³/mol. The van der Waals surface area contributed by atoms with Crippen molar-refractivity contribution in [1.29, 1.82) is 0 Å². The molecule has 0 spiro atoms. The molecule has 2 unspecified atom stereocenters. The normalized spacial score (nSPS) is 12.8. The number of nitrogens with zero attached hydrogens (tertiary/aromatic N) is 1. The fraction of sp³-hybridized carbons (Fsp3) is 0.500. The van der Waals surface area contributed by atoms with E-state index in [0.717, 1.165) is 31.2 Å². The molecule has 2 aromatic carbocycles. The van der Waals surface area contributed by atoms with E-state index in [0.29, 0.717) is 6.42 Å². The number of esters is 1. The van der Waals surface area contributed by atoms with Gasteiger partial charge in [-0.25, -0.2) is 0 Å². The van der Waals surface area contributed by atoms with Crippen molar-refractivity contribution in [2.45, 2.75) is 77.0 Å². The molecule has 2 rings (SSSR count). The Hall–Kier alpha value is -2.66. The summed E-state index contributed by atoms with van der Waals surface area (Å²) in [7, 11) is 3.66. The molecule has 0 aliphatic carbocycles. The first-order chi connectivity index (χ1) is 16.0. The van der Waals surface area contributed by atoms with Gasteiger partial charge in [0.1, 0.15) is 12.6 Å². The molecule has 1 N–H and O–H groups in total. The Morgan fingerprint density at radius 2 is 1.36 bits per heavy atom. The summed E-state index contributed by atoms with van der Waals surface area (Å²) in [5.74, 6) is -0.332. The molecule has 0 bridgehead atoms. The molecular formula is C28H40N2O3. The first-order valence-corrected chi connectivity index (χ1v) is 12.2. The van der Waals surface area contributed by atoms with Crippen molar-refractivity contribution in [2.24, 2.45) is 0 Å². The van der Waals surface area contributed by atoms with Gasteiger partial charge in [0.2, 0.25) is 5.91 Å². The van der Waals surface area contributed by atoms with E-state index in [1.54, 1.807) is 4.90 Å². The zero-order valence-corrected chi connectivity index (χ0v) is 20.5. The second-order valence-electron chi connectivity index (χ2n) is 8.96. The quantitative estimate of drug-likeness (QED) is 0.300. The summed E-state index contributed by atoms with van der Waals surface area (Å²) in [6, 6.07) is 19.4. The van der Waals surface area contributed by atoms with Crippen LogP contribution in [-0.2, 0) is 27.4 Å². The molecule has 5 nitrogen and oxygen atoms in total. The maximum atomic E-state index is 12.6. The Balaban J connectivity index is 1.60. The van der Waals surface area contributed by atoms with Crippen LogP contribution in [0, 0.1) is 0 Å². The van der Waals surface area contributed by atoms with Crippen LogP contribution in [0.3, 0.4) is 0 Å². The van der Waals surface area contributed by atoms with Gasteiger partial charge in [-0.1, -0.05) is 86.3 Å². The average Bonchev–Trinajstić information content (AvgIpc) is 2.80. The fourth-order valence-corrected chi connectivity index (χ4v) is 4.05. The smallest absolute Gasteiger partial charge is 0.325 e. The van der Waals surface area contributed by atoms with Crippen molar-refractivity contribution >= 4 is 11.9 Å². The number of unbranched alkanes of at least 4 members (excludes halogenated alkanes) is 5. The number of carbonyl (C=O) groups is 2. The van der Waals surface area contributed by atoms with Gasteiger partial charge in [-0.15, -0.1) is 0 Å². The second kappa shape index (κ2) is 15.2. The Morgan fingerprint density at radius 3 is 1.97 bits per heavy atom. The Kier molecular flexibility index (Phi) is 12.3. The molecule has 0 aromatic heterocycles. The zero-order valence-electron chi connectivity index (χ0n) is 20.5. The highest BCUT2D eigenvalue weighted by Gasteiger charge is 2.29. The van der Waals surface area contributed by atoms with Crippen molar-refractivity contribution in [1.82, 2.24) is 10.2 Å². The maximum Gasteiger partial charge on any atom is 0.325 e. The minimum atomic E-state index is -0.526. The van der Waals surface area contributed by atoms with Gasteiger partial charge in [0.05, 0.1) is 6.04 Å². The standard InChI is InChI=1S/C28H40N2O3/c1-23(27(30(2)3)28(32)33-22-25-19-13-9-14-20-25)29-26(31)21-15-7-5-4-6-10-16-24-17-11-8-12-18-24/h8-9,11-14,17-20,23,27H,4-7,10,15-16,21-22H2,1-3H3,(H,29,31). The number of ether oxygens (including phenoxy) is 1. The second-order valence-corrected chi connectivity index (χ2v) is 8.96. The van der Waals surface area contributed by atoms with Gasteiger partial charge < -0.3 is 10.1 Å². The number of hydrogen-bond acceptors (Lipinski definition) is 4. The maximum absolute atomic E-state index is 12.6. The van der Waals surface area contributed by atoms with E-state index >= 15 is 0 Å². The van der Waals surface area contributed by atoms with Crippen molar-refractivity contribution < 1.29 is 14.3 Å². The Bertz CT molecular complexity index is 808. The van der Waals surface area contributed by atoms with Gasteiger partial charge in [0.25, 0.3) is 0 Å². The largest absolute Gasteiger partial charge is 0.460 e. The number of hydrogen-bond donors (Lipinski definition) is 1. The van der Waals surface area contributed by atoms with Gasteiger partial charge >= 0.3 is 5.97 Å². The van der Waals surface area contributed by atoms with Crippen molar-refractivity contribution in [3.63, 3.8) is 0 Å². The number of aryl methyl sites for hydroxylation is 1. The van der Waals surface area contributed by atoms with Crippen LogP contribution < -0.4 is 5.32 Å². The highest BCUT2D eigenvalue weighted by atomic mass is 16.5. The SMILES string of the molecule is CC(NC(=O)CCCCCCCCc1ccccc1)C(C(=O)OCc1ccccc1)N(C)C. The topological polar surface area (TPSA) is 58.6 Å². The molecule has 0 aliphatic heterocycles. The fourth-order valence-electron chi connectivity index (χ4n) is 4.05. The van der Waals surface area contributed by atoms with Crippen molar-refractivity contribution in [3.05, 3.63) is 71.8 Å². The van der Waals surface area contributed by atoms with E-state index in [4.69, 9.17) is 4.74 Å². The third-order valence-electron chi connectivity index (χ3n) is 5.85. The summed E-state index contributed by atoms with van der Waals surface area (Å²) in [4.78, 5) is 26.8. The van der Waals surface area contributed by atoms with Crippen LogP contribution in [0.1, 0.15) is 63.0 Å². The lowest BCUT2D eigenvalue weighted by Gasteiger charge is -2.28. The average molecular weight is 453 g/mol. The monoisotopic (exact) mass is 452 g/mol. The summed E-state index contributed by atoms with van der Waals surface area (Å²) < 4.78 is 5.50. The van der Waals surface area contributed by atoms with Crippen LogP contribution >= 0.6 is 0 Å². The lowest BCUT2D eigenvalue weighted by Crippen LogP contribution is -2.52. The van der Waals surface area contributed by atoms with E-state index in [9.17, 15) is 9.59 Å². The molecule has 0 aliphatic rings. The molecule has 33 heavy (non-hydrogen) atoms. The third kappa shape index (κ3) is 10.7. The van der Waals surface area contributed by atoms with Gasteiger partial charge in [-0.2, -0.15) is 0 Å². The van der Waals surface area contributed by atoms with Gasteiger partial charge in [0, 0.05) is 6.42 Å². The van der Waals surface area contributed by atoms with Gasteiger partial charge in [-0.05, 0) is 51.4 Å². The summed E-state index contributed by atoms with van der Waals surface area (Å²) in [5, 5.41) is 2.99. The van der Waals surface area contributed by atoms with E-state index in [1.165, 1.54) is 24.8 Å². The summed E-state index contributed by atoms with van der Waals surface area (Å²) in [5.41, 5.74) is 2.35. The number of nitrogens with one attached hydrogen (secondary N) is 1. The number of likely N-dealkylation sites (N-methyl/N-ethyl adjacent to an activating group) is 1. The number of carbonyl (C=O) groups excluding carboxylic acids is 2. The van der Waals surface area contributed by atoms with Gasteiger partial charge in [0.15, 0.2) is 0 Å². The molecule has 1 amide bonds. The lowest BCUT2D eigenvalue weighted by atomic mass is 10.0. The van der Waals surface area contributed by atoms with Crippen LogP contribution in [0.4, 0.5) is 0 Å². The number of rotatable bonds is 15. The highest BCUT2D eigenvalue weighted by molar-refractivity contribution is 5.80. The minimum Gasteiger partial charge on any atom is -0.460 e.